The number of carbonyl (C=O) groups excluding carboxylic acids is 1. The first-order valence-corrected chi connectivity index (χ1v) is 7.42. The summed E-state index contributed by atoms with van der Waals surface area (Å²) in [6, 6.07) is 2.82. The van der Waals surface area contributed by atoms with Crippen LogP contribution in [0, 0.1) is 15.5 Å². The molecule has 1 aromatic rings. The highest BCUT2D eigenvalue weighted by Gasteiger charge is 2.26. The number of ether oxygens (including phenoxy) is 3. The topological polar surface area (TPSA) is 114 Å². The van der Waals surface area contributed by atoms with Crippen molar-refractivity contribution < 1.29 is 23.9 Å². The summed E-state index contributed by atoms with van der Waals surface area (Å²) in [4.78, 5) is 21.7. The van der Waals surface area contributed by atoms with E-state index in [2.05, 4.69) is 0 Å². The first-order chi connectivity index (χ1) is 11.1. The minimum absolute atomic E-state index is 0.0990. The molecule has 0 aliphatic heterocycles. The molecule has 0 saturated carbocycles. The number of benzene rings is 1. The zero-order chi connectivity index (χ0) is 18.5. The van der Waals surface area contributed by atoms with E-state index in [4.69, 9.17) is 19.9 Å². The summed E-state index contributed by atoms with van der Waals surface area (Å²) in [6.07, 6.45) is -0.476. The molecule has 0 radical (unpaired) electrons. The van der Waals surface area contributed by atoms with Gasteiger partial charge in [0, 0.05) is 12.0 Å². The van der Waals surface area contributed by atoms with Crippen LogP contribution in [0.25, 0.3) is 0 Å². The smallest absolute Gasteiger partial charge is 0.404 e. The van der Waals surface area contributed by atoms with Crippen molar-refractivity contribution in [1.29, 1.82) is 0 Å². The van der Waals surface area contributed by atoms with Crippen LogP contribution in [0.5, 0.6) is 11.5 Å². The van der Waals surface area contributed by atoms with Crippen LogP contribution in [0.1, 0.15) is 32.8 Å². The fourth-order valence-electron chi connectivity index (χ4n) is 2.50. The molecule has 0 aliphatic carbocycles. The molecule has 0 heterocycles. The number of carbonyl (C=O) groups is 1. The maximum absolute atomic E-state index is 11.2. The van der Waals surface area contributed by atoms with Gasteiger partial charge in [0.1, 0.15) is 11.9 Å². The molecule has 1 aromatic carbocycles. The van der Waals surface area contributed by atoms with Gasteiger partial charge < -0.3 is 19.9 Å². The van der Waals surface area contributed by atoms with E-state index in [1.807, 2.05) is 20.8 Å². The third kappa shape index (κ3) is 5.60. The van der Waals surface area contributed by atoms with Crippen molar-refractivity contribution in [2.24, 2.45) is 11.1 Å². The van der Waals surface area contributed by atoms with Gasteiger partial charge in [-0.2, -0.15) is 0 Å². The lowest BCUT2D eigenvalue weighted by Crippen LogP contribution is -2.28. The van der Waals surface area contributed by atoms with Crippen molar-refractivity contribution >= 4 is 11.8 Å². The van der Waals surface area contributed by atoms with Gasteiger partial charge in [-0.3, -0.25) is 10.1 Å². The van der Waals surface area contributed by atoms with Crippen LogP contribution in [0.15, 0.2) is 12.1 Å². The molecule has 2 N–H and O–H groups in total. The van der Waals surface area contributed by atoms with E-state index in [0.29, 0.717) is 24.2 Å². The molecule has 24 heavy (non-hydrogen) atoms. The maximum atomic E-state index is 11.2. The Hall–Kier alpha value is -2.51. The molecular weight excluding hydrogens is 316 g/mol. The first kappa shape index (κ1) is 19.5. The van der Waals surface area contributed by atoms with Crippen LogP contribution in [-0.2, 0) is 11.2 Å². The summed E-state index contributed by atoms with van der Waals surface area (Å²) in [5.74, 6) is 0.443. The van der Waals surface area contributed by atoms with E-state index in [0.717, 1.165) is 0 Å². The molecule has 0 aromatic heterocycles. The molecule has 134 valence electrons. The molecule has 0 spiro atoms. The zero-order valence-corrected chi connectivity index (χ0v) is 14.6. The largest absolute Gasteiger partial charge is 0.496 e. The van der Waals surface area contributed by atoms with Crippen molar-refractivity contribution in [3.63, 3.8) is 0 Å². The number of rotatable bonds is 7. The van der Waals surface area contributed by atoms with Gasteiger partial charge in [-0.1, -0.05) is 20.8 Å². The fourth-order valence-corrected chi connectivity index (χ4v) is 2.50. The highest BCUT2D eigenvalue weighted by atomic mass is 16.6. The molecule has 1 rings (SSSR count). The lowest BCUT2D eigenvalue weighted by Gasteiger charge is -2.26. The van der Waals surface area contributed by atoms with Gasteiger partial charge in [-0.15, -0.1) is 0 Å². The van der Waals surface area contributed by atoms with E-state index in [1.165, 1.54) is 26.4 Å². The fraction of sp³-hybridized carbons (Fsp3) is 0.562. The number of amides is 1. The third-order valence-electron chi connectivity index (χ3n) is 3.35. The number of primary amides is 1. The summed E-state index contributed by atoms with van der Waals surface area (Å²) < 4.78 is 15.5. The van der Waals surface area contributed by atoms with E-state index < -0.39 is 17.1 Å². The van der Waals surface area contributed by atoms with E-state index in [9.17, 15) is 14.9 Å². The first-order valence-electron chi connectivity index (χ1n) is 7.42. The third-order valence-corrected chi connectivity index (χ3v) is 3.35. The molecule has 0 aliphatic rings. The van der Waals surface area contributed by atoms with E-state index >= 15 is 0 Å². The van der Waals surface area contributed by atoms with E-state index in [-0.39, 0.29) is 16.9 Å². The quantitative estimate of drug-likeness (QED) is 0.602. The van der Waals surface area contributed by atoms with Crippen molar-refractivity contribution in [3.8, 4) is 11.5 Å². The Labute approximate surface area is 141 Å². The predicted octanol–water partition coefficient (Wildman–Crippen LogP) is 3.05. The summed E-state index contributed by atoms with van der Waals surface area (Å²) in [5.41, 5.74) is 5.49. The summed E-state index contributed by atoms with van der Waals surface area (Å²) in [5, 5.41) is 11.1. The minimum Gasteiger partial charge on any atom is -0.496 e. The Morgan fingerprint density at radius 2 is 1.83 bits per heavy atom. The molecular formula is C16H24N2O6. The van der Waals surface area contributed by atoms with Crippen molar-refractivity contribution in [2.75, 3.05) is 14.2 Å². The number of nitro benzene ring substituents is 1. The van der Waals surface area contributed by atoms with Crippen LogP contribution in [0.4, 0.5) is 10.5 Å². The number of nitrogens with zero attached hydrogens (tertiary/aromatic N) is 1. The van der Waals surface area contributed by atoms with Gasteiger partial charge in [-0.25, -0.2) is 4.79 Å². The Bertz CT molecular complexity index is 609. The molecule has 1 unspecified atom stereocenters. The summed E-state index contributed by atoms with van der Waals surface area (Å²) >= 11 is 0. The van der Waals surface area contributed by atoms with Crippen LogP contribution in [0.2, 0.25) is 0 Å². The van der Waals surface area contributed by atoms with Crippen LogP contribution >= 0.6 is 0 Å². The SMILES string of the molecule is COc1cc([N+](=O)[O-])c(OC)cc1CC(CC(C)(C)C)OC(N)=O. The number of methoxy groups -OCH3 is 2. The van der Waals surface area contributed by atoms with Crippen molar-refractivity contribution in [1.82, 2.24) is 0 Å². The van der Waals surface area contributed by atoms with Gasteiger partial charge in [0.05, 0.1) is 25.2 Å². The average Bonchev–Trinajstić information content (AvgIpc) is 2.43. The molecule has 1 amide bonds. The molecule has 0 bridgehead atoms. The maximum Gasteiger partial charge on any atom is 0.404 e. The lowest BCUT2D eigenvalue weighted by atomic mass is 9.87. The molecule has 8 heteroatoms. The van der Waals surface area contributed by atoms with Crippen LogP contribution < -0.4 is 15.2 Å². The Kier molecular flexibility index (Phi) is 6.39. The Morgan fingerprint density at radius 1 is 1.25 bits per heavy atom. The number of hydrogen-bond acceptors (Lipinski definition) is 6. The van der Waals surface area contributed by atoms with E-state index in [1.54, 1.807) is 0 Å². The second-order valence-electron chi connectivity index (χ2n) is 6.62. The van der Waals surface area contributed by atoms with Crippen molar-refractivity contribution in [2.45, 2.75) is 39.7 Å². The highest BCUT2D eigenvalue weighted by Crippen LogP contribution is 2.36. The van der Waals surface area contributed by atoms with Gasteiger partial charge in [0.25, 0.3) is 0 Å². The van der Waals surface area contributed by atoms with Gasteiger partial charge in [0.15, 0.2) is 5.75 Å². The monoisotopic (exact) mass is 340 g/mol. The molecule has 8 nitrogen and oxygen atoms in total. The second kappa shape index (κ2) is 7.85. The van der Waals surface area contributed by atoms with Gasteiger partial charge >= 0.3 is 11.8 Å². The number of hydrogen-bond donors (Lipinski definition) is 1. The van der Waals surface area contributed by atoms with Crippen molar-refractivity contribution in [3.05, 3.63) is 27.8 Å². The van der Waals surface area contributed by atoms with Gasteiger partial charge in [0.2, 0.25) is 0 Å². The second-order valence-corrected chi connectivity index (χ2v) is 6.62. The summed E-state index contributed by atoms with van der Waals surface area (Å²) in [6.45, 7) is 6.04. The molecule has 0 fully saturated rings. The molecule has 1 atom stereocenters. The highest BCUT2D eigenvalue weighted by molar-refractivity contribution is 5.65. The van der Waals surface area contributed by atoms with Crippen LogP contribution in [-0.4, -0.2) is 31.3 Å². The number of nitro groups is 1. The normalized spacial score (nSPS) is 12.4. The predicted molar refractivity (Wildman–Crippen MR) is 88.4 cm³/mol. The average molecular weight is 340 g/mol. The Morgan fingerprint density at radius 3 is 2.25 bits per heavy atom. The van der Waals surface area contributed by atoms with Crippen LogP contribution in [0.3, 0.4) is 0 Å². The lowest BCUT2D eigenvalue weighted by molar-refractivity contribution is -0.385. The molecule has 0 saturated heterocycles. The Balaban J connectivity index is 3.21. The van der Waals surface area contributed by atoms with Gasteiger partial charge in [-0.05, 0) is 17.9 Å². The zero-order valence-electron chi connectivity index (χ0n) is 14.6. The summed E-state index contributed by atoms with van der Waals surface area (Å²) in [7, 11) is 2.77. The minimum atomic E-state index is -0.864. The standard InChI is InChI=1S/C16H24N2O6/c1-16(2,3)9-11(24-15(17)19)6-10-7-14(23-5)12(18(20)21)8-13(10)22-4/h7-8,11H,6,9H2,1-5H3,(H2,17,19). The number of nitrogens with two attached hydrogens (primary N) is 1.